The Balaban J connectivity index is 2.79. The average Bonchev–Trinajstić information content (AvgIpc) is 2.31. The lowest BCUT2D eigenvalue weighted by Gasteiger charge is -2.12. The maximum Gasteiger partial charge on any atom is 0.278 e. The topological polar surface area (TPSA) is 77.3 Å². The lowest BCUT2D eigenvalue weighted by molar-refractivity contribution is -0.386. The molecule has 0 fully saturated rings. The van der Waals surface area contributed by atoms with Crippen LogP contribution in [0.4, 0.5) is 5.69 Å². The molecular formula is C12H19N3O3. The van der Waals surface area contributed by atoms with Crippen LogP contribution in [0.3, 0.4) is 0 Å². The first kappa shape index (κ1) is 14.5. The van der Waals surface area contributed by atoms with Crippen molar-refractivity contribution in [2.24, 2.45) is 0 Å². The summed E-state index contributed by atoms with van der Waals surface area (Å²) in [6.45, 7) is 6.56. The third kappa shape index (κ3) is 3.48. The van der Waals surface area contributed by atoms with E-state index < -0.39 is 0 Å². The van der Waals surface area contributed by atoms with Crippen LogP contribution in [0.1, 0.15) is 23.7 Å². The Morgan fingerprint density at radius 1 is 1.56 bits per heavy atom. The number of nitrogens with zero attached hydrogens (tertiary/aromatic N) is 2. The lowest BCUT2D eigenvalue weighted by atomic mass is 10.1. The SMILES string of the molecule is COC(C)CNCc1ncc(C)c([N+](=O)[O-])c1C. The monoisotopic (exact) mass is 253 g/mol. The summed E-state index contributed by atoms with van der Waals surface area (Å²) in [6.07, 6.45) is 1.65. The number of rotatable bonds is 6. The first-order valence-corrected chi connectivity index (χ1v) is 5.80. The van der Waals surface area contributed by atoms with Gasteiger partial charge in [0.2, 0.25) is 0 Å². The summed E-state index contributed by atoms with van der Waals surface area (Å²) < 4.78 is 5.11. The summed E-state index contributed by atoms with van der Waals surface area (Å²) in [7, 11) is 1.65. The van der Waals surface area contributed by atoms with Gasteiger partial charge >= 0.3 is 0 Å². The fourth-order valence-corrected chi connectivity index (χ4v) is 1.70. The molecule has 0 saturated carbocycles. The Labute approximate surface area is 107 Å². The van der Waals surface area contributed by atoms with Crippen molar-refractivity contribution < 1.29 is 9.66 Å². The van der Waals surface area contributed by atoms with Gasteiger partial charge in [0.1, 0.15) is 0 Å². The molecule has 1 N–H and O–H groups in total. The summed E-state index contributed by atoms with van der Waals surface area (Å²) in [5, 5.41) is 14.1. The molecule has 18 heavy (non-hydrogen) atoms. The number of nitrogens with one attached hydrogen (secondary N) is 1. The second-order valence-corrected chi connectivity index (χ2v) is 4.30. The number of hydrogen-bond acceptors (Lipinski definition) is 5. The van der Waals surface area contributed by atoms with E-state index in [2.05, 4.69) is 10.3 Å². The van der Waals surface area contributed by atoms with E-state index in [-0.39, 0.29) is 16.7 Å². The Morgan fingerprint density at radius 3 is 2.78 bits per heavy atom. The first-order chi connectivity index (χ1) is 8.47. The molecule has 0 aliphatic rings. The number of aryl methyl sites for hydroxylation is 1. The van der Waals surface area contributed by atoms with Crippen molar-refractivity contribution in [2.45, 2.75) is 33.4 Å². The minimum Gasteiger partial charge on any atom is -0.380 e. The predicted molar refractivity (Wildman–Crippen MR) is 68.5 cm³/mol. The van der Waals surface area contributed by atoms with Gasteiger partial charge in [0.15, 0.2) is 0 Å². The predicted octanol–water partition coefficient (Wildman–Crippen LogP) is 1.73. The van der Waals surface area contributed by atoms with E-state index in [1.165, 1.54) is 0 Å². The van der Waals surface area contributed by atoms with Crippen molar-refractivity contribution in [2.75, 3.05) is 13.7 Å². The smallest absolute Gasteiger partial charge is 0.278 e. The van der Waals surface area contributed by atoms with Gasteiger partial charge < -0.3 is 10.1 Å². The minimum atomic E-state index is -0.354. The van der Waals surface area contributed by atoms with Gasteiger partial charge in [0, 0.05) is 37.5 Å². The molecule has 1 unspecified atom stereocenters. The standard InChI is InChI=1S/C12H19N3O3/c1-8-5-14-11(7-13-6-9(2)18-4)10(3)12(8)15(16)17/h5,9,13H,6-7H2,1-4H3. The van der Waals surface area contributed by atoms with Crippen LogP contribution < -0.4 is 5.32 Å². The normalized spacial score (nSPS) is 12.4. The van der Waals surface area contributed by atoms with Gasteiger partial charge in [-0.15, -0.1) is 0 Å². The summed E-state index contributed by atoms with van der Waals surface area (Å²) >= 11 is 0. The highest BCUT2D eigenvalue weighted by Gasteiger charge is 2.18. The van der Waals surface area contributed by atoms with Crippen LogP contribution in [0, 0.1) is 24.0 Å². The number of methoxy groups -OCH3 is 1. The Morgan fingerprint density at radius 2 is 2.22 bits per heavy atom. The number of ether oxygens (including phenoxy) is 1. The zero-order chi connectivity index (χ0) is 13.7. The van der Waals surface area contributed by atoms with Crippen LogP contribution in [0.15, 0.2) is 6.20 Å². The van der Waals surface area contributed by atoms with Gasteiger partial charge in [-0.05, 0) is 20.8 Å². The van der Waals surface area contributed by atoms with Gasteiger partial charge in [-0.25, -0.2) is 0 Å². The summed E-state index contributed by atoms with van der Waals surface area (Å²) in [5.74, 6) is 0. The number of nitro groups is 1. The highest BCUT2D eigenvalue weighted by molar-refractivity contribution is 5.47. The van der Waals surface area contributed by atoms with E-state index in [0.717, 1.165) is 0 Å². The molecule has 0 amide bonds. The third-order valence-electron chi connectivity index (χ3n) is 2.88. The van der Waals surface area contributed by atoms with Gasteiger partial charge in [0.05, 0.1) is 16.7 Å². The van der Waals surface area contributed by atoms with Crippen molar-refractivity contribution >= 4 is 5.69 Å². The van der Waals surface area contributed by atoms with Gasteiger partial charge in [-0.2, -0.15) is 0 Å². The molecule has 0 aliphatic carbocycles. The quantitative estimate of drug-likeness (QED) is 0.617. The van der Waals surface area contributed by atoms with E-state index in [0.29, 0.717) is 29.9 Å². The van der Waals surface area contributed by atoms with Crippen molar-refractivity contribution in [3.8, 4) is 0 Å². The van der Waals surface area contributed by atoms with E-state index >= 15 is 0 Å². The summed E-state index contributed by atoms with van der Waals surface area (Å²) in [4.78, 5) is 14.8. The Hall–Kier alpha value is -1.53. The van der Waals surface area contributed by atoms with E-state index in [1.807, 2.05) is 6.92 Å². The lowest BCUT2D eigenvalue weighted by Crippen LogP contribution is -2.26. The molecule has 0 saturated heterocycles. The summed E-state index contributed by atoms with van der Waals surface area (Å²) in [6, 6.07) is 0. The molecule has 6 nitrogen and oxygen atoms in total. The minimum absolute atomic E-state index is 0.103. The maximum absolute atomic E-state index is 11.0. The molecule has 0 aromatic carbocycles. The highest BCUT2D eigenvalue weighted by atomic mass is 16.6. The largest absolute Gasteiger partial charge is 0.380 e. The zero-order valence-electron chi connectivity index (χ0n) is 11.2. The molecule has 0 bridgehead atoms. The van der Waals surface area contributed by atoms with E-state index in [1.54, 1.807) is 27.2 Å². The first-order valence-electron chi connectivity index (χ1n) is 5.80. The van der Waals surface area contributed by atoms with Gasteiger partial charge in [-0.1, -0.05) is 0 Å². The second-order valence-electron chi connectivity index (χ2n) is 4.30. The molecule has 1 atom stereocenters. The second kappa shape index (κ2) is 6.42. The molecule has 0 spiro atoms. The van der Waals surface area contributed by atoms with Crippen LogP contribution in [0.25, 0.3) is 0 Å². The zero-order valence-corrected chi connectivity index (χ0v) is 11.2. The molecule has 1 aromatic heterocycles. The molecule has 0 aliphatic heterocycles. The van der Waals surface area contributed by atoms with Crippen molar-refractivity contribution in [1.29, 1.82) is 0 Å². The van der Waals surface area contributed by atoms with E-state index in [4.69, 9.17) is 4.74 Å². The molecule has 1 rings (SSSR count). The highest BCUT2D eigenvalue weighted by Crippen LogP contribution is 2.23. The third-order valence-corrected chi connectivity index (χ3v) is 2.88. The van der Waals surface area contributed by atoms with Crippen molar-refractivity contribution in [1.82, 2.24) is 10.3 Å². The van der Waals surface area contributed by atoms with Gasteiger partial charge in [-0.3, -0.25) is 15.1 Å². The van der Waals surface area contributed by atoms with E-state index in [9.17, 15) is 10.1 Å². The molecule has 1 aromatic rings. The van der Waals surface area contributed by atoms with Crippen LogP contribution in [0.2, 0.25) is 0 Å². The summed E-state index contributed by atoms with van der Waals surface area (Å²) in [5.41, 5.74) is 2.07. The number of aromatic nitrogens is 1. The van der Waals surface area contributed by atoms with Crippen molar-refractivity contribution in [3.63, 3.8) is 0 Å². The number of pyridine rings is 1. The van der Waals surface area contributed by atoms with Crippen LogP contribution >= 0.6 is 0 Å². The molecule has 0 radical (unpaired) electrons. The van der Waals surface area contributed by atoms with Crippen LogP contribution in [-0.2, 0) is 11.3 Å². The molecule has 100 valence electrons. The fourth-order valence-electron chi connectivity index (χ4n) is 1.70. The number of hydrogen-bond donors (Lipinski definition) is 1. The van der Waals surface area contributed by atoms with Gasteiger partial charge in [0.25, 0.3) is 5.69 Å². The molecular weight excluding hydrogens is 234 g/mol. The average molecular weight is 253 g/mol. The van der Waals surface area contributed by atoms with Crippen molar-refractivity contribution in [3.05, 3.63) is 33.1 Å². The van der Waals surface area contributed by atoms with Crippen LogP contribution in [0.5, 0.6) is 0 Å². The Kier molecular flexibility index (Phi) is 5.18. The Bertz CT molecular complexity index is 435. The maximum atomic E-state index is 11.0. The molecule has 6 heteroatoms. The molecule has 1 heterocycles. The fraction of sp³-hybridized carbons (Fsp3) is 0.583. The van der Waals surface area contributed by atoms with Crippen LogP contribution in [-0.4, -0.2) is 29.7 Å².